The molecule has 0 atom stereocenters. The molecule has 15 heavy (non-hydrogen) atoms. The van der Waals surface area contributed by atoms with Crippen molar-refractivity contribution in [2.45, 2.75) is 13.3 Å². The van der Waals surface area contributed by atoms with Gasteiger partial charge < -0.3 is 0 Å². The van der Waals surface area contributed by atoms with Gasteiger partial charge in [-0.05, 0) is 13.0 Å². The van der Waals surface area contributed by atoms with Crippen LogP contribution in [0.15, 0.2) is 29.1 Å². The molecule has 4 nitrogen and oxygen atoms in total. The van der Waals surface area contributed by atoms with E-state index in [1.54, 1.807) is 18.2 Å². The third-order valence-electron chi connectivity index (χ3n) is 2.19. The van der Waals surface area contributed by atoms with Gasteiger partial charge in [0.25, 0.3) is 5.56 Å². The van der Waals surface area contributed by atoms with Crippen molar-refractivity contribution in [2.24, 2.45) is 0 Å². The molecule has 0 saturated carbocycles. The minimum absolute atomic E-state index is 0.0275. The zero-order valence-corrected chi connectivity index (χ0v) is 8.28. The van der Waals surface area contributed by atoms with Crippen LogP contribution in [0.1, 0.15) is 12.6 Å². The number of ketones is 1. The molecular formula is C11H10N2O2. The van der Waals surface area contributed by atoms with Crippen LogP contribution in [0.4, 0.5) is 0 Å². The second-order valence-electron chi connectivity index (χ2n) is 3.42. The van der Waals surface area contributed by atoms with Gasteiger partial charge in [0.15, 0.2) is 0 Å². The van der Waals surface area contributed by atoms with E-state index in [2.05, 4.69) is 10.2 Å². The monoisotopic (exact) mass is 202 g/mol. The predicted molar refractivity (Wildman–Crippen MR) is 56.7 cm³/mol. The third-order valence-corrected chi connectivity index (χ3v) is 2.19. The Balaban J connectivity index is 2.71. The molecular weight excluding hydrogens is 192 g/mol. The Labute approximate surface area is 85.9 Å². The fraction of sp³-hybridized carbons (Fsp3) is 0.182. The highest BCUT2D eigenvalue weighted by Crippen LogP contribution is 2.12. The summed E-state index contributed by atoms with van der Waals surface area (Å²) in [6.45, 7) is 1.50. The highest BCUT2D eigenvalue weighted by atomic mass is 16.1. The number of fused-ring (bicyclic) bond motifs is 1. The molecule has 1 aromatic carbocycles. The minimum atomic E-state index is -0.224. The van der Waals surface area contributed by atoms with E-state index in [9.17, 15) is 9.59 Å². The van der Waals surface area contributed by atoms with Gasteiger partial charge in [0.1, 0.15) is 5.78 Å². The number of H-pyrrole nitrogens is 1. The molecule has 0 unspecified atom stereocenters. The van der Waals surface area contributed by atoms with Gasteiger partial charge in [-0.25, -0.2) is 5.10 Å². The van der Waals surface area contributed by atoms with E-state index in [4.69, 9.17) is 0 Å². The summed E-state index contributed by atoms with van der Waals surface area (Å²) in [5, 5.41) is 7.60. The molecule has 4 heteroatoms. The second kappa shape index (κ2) is 3.65. The number of rotatable bonds is 2. The topological polar surface area (TPSA) is 62.8 Å². The maximum Gasteiger partial charge on any atom is 0.272 e. The van der Waals surface area contributed by atoms with Crippen molar-refractivity contribution in [1.82, 2.24) is 10.2 Å². The number of hydrogen-bond donors (Lipinski definition) is 1. The molecule has 0 amide bonds. The number of benzene rings is 1. The van der Waals surface area contributed by atoms with Crippen molar-refractivity contribution in [1.29, 1.82) is 0 Å². The largest absolute Gasteiger partial charge is 0.300 e. The number of aromatic amines is 1. The standard InChI is InChI=1S/C11H10N2O2/c1-7(14)6-10-8-4-2-3-5-9(8)11(15)13-12-10/h2-5H,6H2,1H3,(H,13,15). The molecule has 0 spiro atoms. The smallest absolute Gasteiger partial charge is 0.272 e. The summed E-state index contributed by atoms with van der Waals surface area (Å²) in [4.78, 5) is 22.4. The lowest BCUT2D eigenvalue weighted by Crippen LogP contribution is -2.12. The highest BCUT2D eigenvalue weighted by molar-refractivity contribution is 5.88. The first kappa shape index (κ1) is 9.58. The molecule has 76 valence electrons. The Bertz CT molecular complexity index is 572. The molecule has 0 fully saturated rings. The van der Waals surface area contributed by atoms with Crippen LogP contribution in [0.25, 0.3) is 10.8 Å². The molecule has 0 aliphatic carbocycles. The normalized spacial score (nSPS) is 10.5. The van der Waals surface area contributed by atoms with Gasteiger partial charge in [-0.15, -0.1) is 0 Å². The first-order chi connectivity index (χ1) is 7.18. The van der Waals surface area contributed by atoms with Crippen molar-refractivity contribution in [3.05, 3.63) is 40.3 Å². The van der Waals surface area contributed by atoms with Crippen LogP contribution >= 0.6 is 0 Å². The lowest BCUT2D eigenvalue weighted by atomic mass is 10.1. The Morgan fingerprint density at radius 3 is 2.67 bits per heavy atom. The van der Waals surface area contributed by atoms with Crippen LogP contribution in [0.3, 0.4) is 0 Å². The van der Waals surface area contributed by atoms with Gasteiger partial charge in [0.2, 0.25) is 0 Å². The average molecular weight is 202 g/mol. The Morgan fingerprint density at radius 1 is 1.33 bits per heavy atom. The van der Waals surface area contributed by atoms with Crippen molar-refractivity contribution in [2.75, 3.05) is 0 Å². The summed E-state index contributed by atoms with van der Waals surface area (Å²) in [5.74, 6) is 0.0275. The molecule has 0 radical (unpaired) electrons. The number of aromatic nitrogens is 2. The predicted octanol–water partition coefficient (Wildman–Crippen LogP) is 1.05. The van der Waals surface area contributed by atoms with E-state index in [1.165, 1.54) is 6.92 Å². The fourth-order valence-electron chi connectivity index (χ4n) is 1.54. The Kier molecular flexibility index (Phi) is 2.33. The van der Waals surface area contributed by atoms with E-state index < -0.39 is 0 Å². The molecule has 1 heterocycles. The van der Waals surface area contributed by atoms with Gasteiger partial charge in [-0.2, -0.15) is 5.10 Å². The first-order valence-corrected chi connectivity index (χ1v) is 4.64. The quantitative estimate of drug-likeness (QED) is 0.791. The maximum atomic E-state index is 11.4. The summed E-state index contributed by atoms with van der Waals surface area (Å²) in [6, 6.07) is 7.14. The molecule has 2 rings (SSSR count). The minimum Gasteiger partial charge on any atom is -0.300 e. The van der Waals surface area contributed by atoms with Crippen molar-refractivity contribution in [3.63, 3.8) is 0 Å². The number of nitrogens with one attached hydrogen (secondary N) is 1. The van der Waals surface area contributed by atoms with Gasteiger partial charge in [0.05, 0.1) is 17.5 Å². The van der Waals surface area contributed by atoms with Crippen molar-refractivity contribution < 1.29 is 4.79 Å². The molecule has 1 aromatic heterocycles. The van der Waals surface area contributed by atoms with Crippen LogP contribution in [-0.4, -0.2) is 16.0 Å². The molecule has 0 aliphatic heterocycles. The first-order valence-electron chi connectivity index (χ1n) is 4.64. The van der Waals surface area contributed by atoms with Crippen LogP contribution in [0.2, 0.25) is 0 Å². The number of nitrogens with zero attached hydrogens (tertiary/aromatic N) is 1. The van der Waals surface area contributed by atoms with Gasteiger partial charge in [-0.3, -0.25) is 9.59 Å². The van der Waals surface area contributed by atoms with Crippen molar-refractivity contribution in [3.8, 4) is 0 Å². The SMILES string of the molecule is CC(=O)Cc1n[nH]c(=O)c2ccccc12. The second-order valence-corrected chi connectivity index (χ2v) is 3.42. The number of hydrogen-bond acceptors (Lipinski definition) is 3. The Morgan fingerprint density at radius 2 is 2.00 bits per heavy atom. The lowest BCUT2D eigenvalue weighted by molar-refractivity contribution is -0.116. The number of carbonyl (C=O) groups excluding carboxylic acids is 1. The molecule has 1 N–H and O–H groups in total. The lowest BCUT2D eigenvalue weighted by Gasteiger charge is -2.01. The summed E-state index contributed by atoms with van der Waals surface area (Å²) in [7, 11) is 0. The van der Waals surface area contributed by atoms with Gasteiger partial charge in [-0.1, -0.05) is 18.2 Å². The summed E-state index contributed by atoms with van der Waals surface area (Å²) in [5.41, 5.74) is 0.399. The summed E-state index contributed by atoms with van der Waals surface area (Å²) >= 11 is 0. The Hall–Kier alpha value is -1.97. The third kappa shape index (κ3) is 1.79. The zero-order chi connectivity index (χ0) is 10.8. The van der Waals surface area contributed by atoms with E-state index in [0.717, 1.165) is 5.39 Å². The van der Waals surface area contributed by atoms with E-state index >= 15 is 0 Å². The van der Waals surface area contributed by atoms with Crippen LogP contribution in [0.5, 0.6) is 0 Å². The van der Waals surface area contributed by atoms with Crippen LogP contribution in [0, 0.1) is 0 Å². The summed E-state index contributed by atoms with van der Waals surface area (Å²) < 4.78 is 0. The molecule has 0 bridgehead atoms. The van der Waals surface area contributed by atoms with E-state index in [-0.39, 0.29) is 17.8 Å². The van der Waals surface area contributed by atoms with Gasteiger partial charge >= 0.3 is 0 Å². The highest BCUT2D eigenvalue weighted by Gasteiger charge is 2.07. The number of carbonyl (C=O) groups is 1. The molecule has 2 aromatic rings. The van der Waals surface area contributed by atoms with E-state index in [0.29, 0.717) is 11.1 Å². The van der Waals surface area contributed by atoms with Gasteiger partial charge in [0, 0.05) is 5.39 Å². The van der Waals surface area contributed by atoms with Crippen LogP contribution < -0.4 is 5.56 Å². The molecule has 0 aliphatic rings. The fourth-order valence-corrected chi connectivity index (χ4v) is 1.54. The summed E-state index contributed by atoms with van der Waals surface area (Å²) in [6.07, 6.45) is 0.247. The number of Topliss-reactive ketones (excluding diaryl/α,β-unsaturated/α-hetero) is 1. The van der Waals surface area contributed by atoms with Crippen molar-refractivity contribution >= 4 is 16.6 Å². The maximum absolute atomic E-state index is 11.4. The van der Waals surface area contributed by atoms with E-state index in [1.807, 2.05) is 6.07 Å². The average Bonchev–Trinajstić information content (AvgIpc) is 2.22. The van der Waals surface area contributed by atoms with Crippen LogP contribution in [-0.2, 0) is 11.2 Å². The zero-order valence-electron chi connectivity index (χ0n) is 8.28. The molecule has 0 saturated heterocycles.